The molecule has 0 spiro atoms. The van der Waals surface area contributed by atoms with E-state index in [1.807, 2.05) is 0 Å². The molecule has 16 heteroatoms. The van der Waals surface area contributed by atoms with Crippen LogP contribution < -0.4 is 0 Å². The molecule has 0 aromatic carbocycles. The van der Waals surface area contributed by atoms with Crippen LogP contribution in [0.25, 0.3) is 0 Å². The Hall–Kier alpha value is -4.48. The molecule has 0 saturated carbocycles. The molecule has 0 aliphatic rings. The van der Waals surface area contributed by atoms with Crippen molar-refractivity contribution in [2.45, 2.75) is 25.0 Å². The van der Waals surface area contributed by atoms with E-state index in [1.54, 1.807) is 0 Å². The molecule has 0 aromatic heterocycles. The summed E-state index contributed by atoms with van der Waals surface area (Å²) in [7, 11) is 12.5. The smallest absolute Gasteiger partial charge is 0.0976 e. The van der Waals surface area contributed by atoms with Crippen LogP contribution in [0.1, 0.15) is 12.8 Å². The summed E-state index contributed by atoms with van der Waals surface area (Å²) in [6.45, 7) is 1.84. The Kier molecular flexibility index (Phi) is 52.0. The maximum Gasteiger partial charge on any atom is 0.0976 e. The Morgan fingerprint density at radius 1 is 0.541 bits per heavy atom. The van der Waals surface area contributed by atoms with Crippen LogP contribution in [0.2, 0.25) is 0 Å². The van der Waals surface area contributed by atoms with Gasteiger partial charge in [0.05, 0.1) is 44.1 Å². The summed E-state index contributed by atoms with van der Waals surface area (Å²) < 4.78 is 27.9. The van der Waals surface area contributed by atoms with Crippen LogP contribution in [0.4, 0.5) is 0 Å². The van der Waals surface area contributed by atoms with E-state index in [2.05, 4.69) is 47.4 Å². The second kappa shape index (κ2) is 38.8. The number of aliphatic hydroxyl groups is 6. The van der Waals surface area contributed by atoms with Gasteiger partial charge in [-0.3, -0.25) is 0 Å². The zero-order valence-corrected chi connectivity index (χ0v) is 47.9. The van der Waals surface area contributed by atoms with Crippen molar-refractivity contribution in [1.82, 2.24) is 0 Å². The molecule has 0 saturated heterocycles. The molecule has 6 N–H and O–H groups in total. The van der Waals surface area contributed by atoms with Gasteiger partial charge in [-0.05, 0) is 12.8 Å². The van der Waals surface area contributed by atoms with Crippen LogP contribution in [-0.4, -0.2) is 122 Å². The van der Waals surface area contributed by atoms with Gasteiger partial charge in [-0.15, -0.1) is 0 Å². The van der Waals surface area contributed by atoms with Crippen LogP contribution in [0.15, 0.2) is 0 Å². The normalized spacial score (nSPS) is 11.5. The SMILES string of the molecule is [CH2-]OCC(CO)(CO)CO[CH2-].[CH2-]OCC(O)COCCCO.[CH2-]OCC(O)COCCCO.[Rf].[Rf].[Rf].[Rf]. The Labute approximate surface area is 197 Å². The molecule has 0 aromatic rings. The van der Waals surface area contributed by atoms with Crippen molar-refractivity contribution in [1.29, 1.82) is 0 Å². The minimum atomic E-state index is -0.774. The van der Waals surface area contributed by atoms with Gasteiger partial charge in [-0.1, -0.05) is 0 Å². The van der Waals surface area contributed by atoms with Crippen LogP contribution in [0.3, 0.4) is 0 Å². The molecule has 0 aliphatic carbocycles. The fourth-order valence-electron chi connectivity index (χ4n) is 1.85. The van der Waals surface area contributed by atoms with Gasteiger partial charge in [0.1, 0.15) is 0 Å². The quantitative estimate of drug-likeness (QED) is 0.0629. The van der Waals surface area contributed by atoms with E-state index >= 15 is 0 Å². The summed E-state index contributed by atoms with van der Waals surface area (Å²) in [5.41, 5.74) is -0.774. The fourth-order valence-corrected chi connectivity index (χ4v) is 1.85. The van der Waals surface area contributed by atoms with Crippen molar-refractivity contribution < 1.29 is 59.1 Å². The number of hydrogen-bond donors (Lipinski definition) is 6. The summed E-state index contributed by atoms with van der Waals surface area (Å²) in [6.07, 6.45) is -0.0482. The molecular formula is C21H44O12Rf4-4. The number of aliphatic hydroxyl groups excluding tert-OH is 6. The van der Waals surface area contributed by atoms with E-state index in [0.29, 0.717) is 26.1 Å². The molecule has 12 nitrogen and oxygen atoms in total. The number of hydrogen-bond acceptors (Lipinski definition) is 12. The minimum absolute atomic E-state index is 0. The van der Waals surface area contributed by atoms with E-state index in [1.165, 1.54) is 0 Å². The number of rotatable bonds is 20. The Balaban J connectivity index is -0.0000000692. The van der Waals surface area contributed by atoms with Crippen molar-refractivity contribution in [2.75, 3.05) is 79.3 Å². The Morgan fingerprint density at radius 2 is 0.865 bits per heavy atom. The third-order valence-corrected chi connectivity index (χ3v) is 3.62. The van der Waals surface area contributed by atoms with E-state index in [-0.39, 0.29) is 66.1 Å². The van der Waals surface area contributed by atoms with Gasteiger partial charge in [0.2, 0.25) is 0 Å². The maximum atomic E-state index is 9.00. The largest absolute Gasteiger partial charge is 0.554 e. The topological polar surface area (TPSA) is 177 Å². The van der Waals surface area contributed by atoms with Crippen molar-refractivity contribution in [2.24, 2.45) is 5.41 Å². The maximum absolute atomic E-state index is 9.00. The van der Waals surface area contributed by atoms with Gasteiger partial charge in [0.25, 0.3) is 0 Å². The van der Waals surface area contributed by atoms with Crippen LogP contribution in [0, 0.1) is 33.9 Å². The second-order valence-electron chi connectivity index (χ2n) is 6.87. The second-order valence-corrected chi connectivity index (χ2v) is 6.87. The zero-order chi connectivity index (χ0) is 25.8. The summed E-state index contributed by atoms with van der Waals surface area (Å²) in [6, 6.07) is 0. The van der Waals surface area contributed by atoms with Gasteiger partial charge < -0.3 is 59.1 Å². The fraction of sp³-hybridized carbons (Fsp3) is 0.810. The molecule has 0 radical (unpaired) electrons. The molecule has 0 rings (SSSR count). The van der Waals surface area contributed by atoms with E-state index in [0.717, 1.165) is 0 Å². The molecule has 2 atom stereocenters. The molecule has 0 fully saturated rings. The van der Waals surface area contributed by atoms with E-state index < -0.39 is 17.6 Å². The summed E-state index contributed by atoms with van der Waals surface area (Å²) in [5, 5.41) is 52.4. The van der Waals surface area contributed by atoms with Crippen molar-refractivity contribution >= 4 is 0 Å². The van der Waals surface area contributed by atoms with Gasteiger partial charge in [-0.2, -0.15) is 0 Å². The molecular weight excluding hydrogens is 1510 g/mol. The molecule has 0 aliphatic heterocycles. The summed E-state index contributed by atoms with van der Waals surface area (Å²) in [5.74, 6) is 0. The number of ether oxygens (including phenoxy) is 6. The van der Waals surface area contributed by atoms with Gasteiger partial charge >= 0.3 is 0 Å². The summed E-state index contributed by atoms with van der Waals surface area (Å²) >= 11 is 0. The molecule has 212 valence electrons. The molecule has 37 heavy (non-hydrogen) atoms. The monoisotopic (exact) mass is 1560 g/mol. The third-order valence-electron chi connectivity index (χ3n) is 3.62. The van der Waals surface area contributed by atoms with Crippen LogP contribution in [0.5, 0.6) is 0 Å². The van der Waals surface area contributed by atoms with Crippen molar-refractivity contribution in [3.8, 4) is 0 Å². The molecule has 2 unspecified atom stereocenters. The van der Waals surface area contributed by atoms with Crippen LogP contribution in [-0.2, 0) is 28.4 Å². The van der Waals surface area contributed by atoms with Crippen LogP contribution >= 0.6 is 0 Å². The third kappa shape index (κ3) is 36.3. The zero-order valence-electron chi connectivity index (χ0n) is 22.3. The molecule has 0 amide bonds. The van der Waals surface area contributed by atoms with Crippen molar-refractivity contribution in [3.05, 3.63) is 28.4 Å². The molecule has 0 heterocycles. The molecule has 0 bridgehead atoms. The van der Waals surface area contributed by atoms with Gasteiger partial charge in [-0.25, -0.2) is 28.4 Å². The first-order chi connectivity index (χ1) is 15.9. The standard InChI is InChI=1S/C7H14O4.2C7H15O4.4Rf/c1-10-5-7(3-8,4-9)6-11-2;2*1-10-5-7(9)6-11-4-2-3-8;;;;/h8-9H,1-6H2;2*7-9H,1-6H2;;;;/q-2;2*-1;;;;. The minimum Gasteiger partial charge on any atom is -0.554 e. The average molecular weight is 1560 g/mol. The first-order valence-corrected chi connectivity index (χ1v) is 10.3. The van der Waals surface area contributed by atoms with Crippen molar-refractivity contribution in [3.63, 3.8) is 0 Å². The first-order valence-electron chi connectivity index (χ1n) is 10.3. The Bertz CT molecular complexity index is 335. The predicted molar refractivity (Wildman–Crippen MR) is 119 cm³/mol. The van der Waals surface area contributed by atoms with Gasteiger partial charge in [0.15, 0.2) is 0 Å². The summed E-state index contributed by atoms with van der Waals surface area (Å²) in [4.78, 5) is 0. The first kappa shape index (κ1) is 49.6. The Morgan fingerprint density at radius 3 is 1.08 bits per heavy atom. The van der Waals surface area contributed by atoms with E-state index in [4.69, 9.17) is 40.1 Å². The van der Waals surface area contributed by atoms with Gasteiger partial charge in [0, 0.05) is 52.9 Å². The predicted octanol–water partition coefficient (Wildman–Crippen LogP) is -1.32. The van der Waals surface area contributed by atoms with E-state index in [9.17, 15) is 0 Å². The average Bonchev–Trinajstić information content (AvgIpc) is 2.81.